The molecule has 19 heavy (non-hydrogen) atoms. The third-order valence-corrected chi connectivity index (χ3v) is 4.02. The topological polar surface area (TPSA) is 93.1 Å². The van der Waals surface area contributed by atoms with Crippen LogP contribution < -0.4 is 21.7 Å². The Hall–Kier alpha value is -1.56. The number of nitrogens with zero attached hydrogens (tertiary/aromatic N) is 3. The van der Waals surface area contributed by atoms with Crippen LogP contribution in [0.4, 0.5) is 17.6 Å². The zero-order valence-corrected chi connectivity index (χ0v) is 12.1. The number of anilines is 3. The lowest BCUT2D eigenvalue weighted by Crippen LogP contribution is -2.57. The lowest BCUT2D eigenvalue weighted by Gasteiger charge is -2.41. The van der Waals surface area contributed by atoms with Crippen LogP contribution in [-0.2, 0) is 0 Å². The molecule has 1 aliphatic rings. The highest BCUT2D eigenvalue weighted by atomic mass is 15.3. The molecule has 1 fully saturated rings. The third-order valence-electron chi connectivity index (χ3n) is 4.02. The standard InChI is InChI=1S/C13H24N6/c1-7(2)8(3)10-11(14)17-13(15)18-12(10)19-5-9(6-19)16-4/h7-9,16H,5-6H2,1-4H3,(H4,14,15,17,18)/t8-/m1/s1. The Morgan fingerprint density at radius 3 is 2.37 bits per heavy atom. The molecule has 0 aromatic carbocycles. The van der Waals surface area contributed by atoms with E-state index < -0.39 is 0 Å². The average Bonchev–Trinajstić information content (AvgIpc) is 2.26. The van der Waals surface area contributed by atoms with Crippen LogP contribution in [0.5, 0.6) is 0 Å². The molecule has 1 atom stereocenters. The van der Waals surface area contributed by atoms with Crippen molar-refractivity contribution in [2.24, 2.45) is 5.92 Å². The van der Waals surface area contributed by atoms with Crippen LogP contribution in [0.25, 0.3) is 0 Å². The highest BCUT2D eigenvalue weighted by Crippen LogP contribution is 2.36. The van der Waals surface area contributed by atoms with Crippen LogP contribution in [0.1, 0.15) is 32.3 Å². The van der Waals surface area contributed by atoms with Gasteiger partial charge in [0.1, 0.15) is 11.6 Å². The van der Waals surface area contributed by atoms with E-state index in [1.165, 1.54) is 0 Å². The quantitative estimate of drug-likeness (QED) is 0.745. The summed E-state index contributed by atoms with van der Waals surface area (Å²) in [6.07, 6.45) is 0. The second-order valence-electron chi connectivity index (χ2n) is 5.63. The molecule has 2 heterocycles. The Labute approximate surface area is 114 Å². The predicted molar refractivity (Wildman–Crippen MR) is 79.2 cm³/mol. The van der Waals surface area contributed by atoms with E-state index in [9.17, 15) is 0 Å². The molecule has 0 spiro atoms. The average molecular weight is 264 g/mol. The van der Waals surface area contributed by atoms with Crippen molar-refractivity contribution >= 4 is 17.6 Å². The van der Waals surface area contributed by atoms with Gasteiger partial charge >= 0.3 is 0 Å². The maximum atomic E-state index is 6.07. The molecular weight excluding hydrogens is 240 g/mol. The summed E-state index contributed by atoms with van der Waals surface area (Å²) in [5.74, 6) is 2.45. The molecule has 1 aromatic rings. The van der Waals surface area contributed by atoms with Crippen LogP contribution in [0, 0.1) is 5.92 Å². The number of nitrogens with two attached hydrogens (primary N) is 2. The summed E-state index contributed by atoms with van der Waals surface area (Å²) in [7, 11) is 1.97. The van der Waals surface area contributed by atoms with E-state index in [0.29, 0.717) is 23.7 Å². The van der Waals surface area contributed by atoms with Gasteiger partial charge in [-0.25, -0.2) is 0 Å². The number of nitrogens with one attached hydrogen (secondary N) is 1. The van der Waals surface area contributed by atoms with Gasteiger partial charge in [0, 0.05) is 24.7 Å². The van der Waals surface area contributed by atoms with Crippen LogP contribution in [0.3, 0.4) is 0 Å². The van der Waals surface area contributed by atoms with Crippen molar-refractivity contribution in [3.63, 3.8) is 0 Å². The molecule has 6 nitrogen and oxygen atoms in total. The molecule has 0 amide bonds. The minimum absolute atomic E-state index is 0.250. The maximum absolute atomic E-state index is 6.07. The van der Waals surface area contributed by atoms with E-state index in [0.717, 1.165) is 24.5 Å². The fraction of sp³-hybridized carbons (Fsp3) is 0.692. The molecule has 1 aromatic heterocycles. The van der Waals surface area contributed by atoms with Crippen molar-refractivity contribution in [2.75, 3.05) is 36.5 Å². The van der Waals surface area contributed by atoms with Crippen LogP contribution in [-0.4, -0.2) is 36.1 Å². The van der Waals surface area contributed by atoms with Crippen LogP contribution in [0.2, 0.25) is 0 Å². The fourth-order valence-corrected chi connectivity index (χ4v) is 2.34. The Kier molecular flexibility index (Phi) is 3.80. The highest BCUT2D eigenvalue weighted by Gasteiger charge is 2.31. The summed E-state index contributed by atoms with van der Waals surface area (Å²) in [6.45, 7) is 8.39. The second kappa shape index (κ2) is 5.21. The lowest BCUT2D eigenvalue weighted by molar-refractivity contribution is 0.442. The van der Waals surface area contributed by atoms with Crippen molar-refractivity contribution < 1.29 is 0 Å². The smallest absolute Gasteiger partial charge is 0.223 e. The van der Waals surface area contributed by atoms with Gasteiger partial charge in [-0.1, -0.05) is 20.8 Å². The predicted octanol–water partition coefficient (Wildman–Crippen LogP) is 0.808. The normalized spacial score (nSPS) is 17.6. The van der Waals surface area contributed by atoms with Gasteiger partial charge < -0.3 is 21.7 Å². The number of hydrogen-bond acceptors (Lipinski definition) is 6. The van der Waals surface area contributed by atoms with Gasteiger partial charge in [-0.3, -0.25) is 0 Å². The summed E-state index contributed by atoms with van der Waals surface area (Å²) in [5.41, 5.74) is 12.8. The van der Waals surface area contributed by atoms with E-state index in [-0.39, 0.29) is 5.95 Å². The van der Waals surface area contributed by atoms with Gasteiger partial charge in [-0.15, -0.1) is 0 Å². The summed E-state index contributed by atoms with van der Waals surface area (Å²) < 4.78 is 0. The van der Waals surface area contributed by atoms with Gasteiger partial charge in [0.15, 0.2) is 0 Å². The first kappa shape index (κ1) is 13.9. The molecule has 2 rings (SSSR count). The number of rotatable bonds is 4. The lowest BCUT2D eigenvalue weighted by atomic mass is 9.90. The van der Waals surface area contributed by atoms with Gasteiger partial charge in [0.05, 0.1) is 0 Å². The first-order valence-corrected chi connectivity index (χ1v) is 6.79. The van der Waals surface area contributed by atoms with Gasteiger partial charge in [-0.05, 0) is 18.9 Å². The zero-order valence-electron chi connectivity index (χ0n) is 12.1. The van der Waals surface area contributed by atoms with Gasteiger partial charge in [0.2, 0.25) is 5.95 Å². The van der Waals surface area contributed by atoms with Crippen molar-refractivity contribution in [3.8, 4) is 0 Å². The molecule has 1 saturated heterocycles. The molecule has 0 aliphatic carbocycles. The number of hydrogen-bond donors (Lipinski definition) is 3. The molecular formula is C13H24N6. The van der Waals surface area contributed by atoms with Crippen molar-refractivity contribution in [1.29, 1.82) is 0 Å². The monoisotopic (exact) mass is 264 g/mol. The molecule has 0 saturated carbocycles. The maximum Gasteiger partial charge on any atom is 0.223 e. The molecule has 106 valence electrons. The van der Waals surface area contributed by atoms with E-state index in [4.69, 9.17) is 11.5 Å². The molecule has 0 bridgehead atoms. The Morgan fingerprint density at radius 2 is 1.84 bits per heavy atom. The molecule has 0 radical (unpaired) electrons. The zero-order chi connectivity index (χ0) is 14.2. The second-order valence-corrected chi connectivity index (χ2v) is 5.63. The van der Waals surface area contributed by atoms with Crippen molar-refractivity contribution in [2.45, 2.75) is 32.7 Å². The van der Waals surface area contributed by atoms with Crippen molar-refractivity contribution in [1.82, 2.24) is 15.3 Å². The van der Waals surface area contributed by atoms with Gasteiger partial charge in [0.25, 0.3) is 0 Å². The van der Waals surface area contributed by atoms with Crippen LogP contribution >= 0.6 is 0 Å². The minimum atomic E-state index is 0.250. The van der Waals surface area contributed by atoms with Gasteiger partial charge in [-0.2, -0.15) is 9.97 Å². The minimum Gasteiger partial charge on any atom is -0.383 e. The molecule has 1 aliphatic heterocycles. The summed E-state index contributed by atoms with van der Waals surface area (Å²) in [4.78, 5) is 10.7. The third kappa shape index (κ3) is 2.58. The van der Waals surface area contributed by atoms with Crippen molar-refractivity contribution in [3.05, 3.63) is 5.56 Å². The SMILES string of the molecule is CNC1CN(c2nc(N)nc(N)c2[C@H](C)C(C)C)C1. The van der Waals surface area contributed by atoms with E-state index in [1.54, 1.807) is 0 Å². The van der Waals surface area contributed by atoms with E-state index >= 15 is 0 Å². The molecule has 6 heteroatoms. The first-order valence-electron chi connectivity index (χ1n) is 6.79. The molecule has 5 N–H and O–H groups in total. The summed E-state index contributed by atoms with van der Waals surface area (Å²) in [5, 5.41) is 3.25. The number of likely N-dealkylation sites (N-methyl/N-ethyl adjacent to an activating group) is 1. The Bertz CT molecular complexity index is 453. The Balaban J connectivity index is 2.35. The largest absolute Gasteiger partial charge is 0.383 e. The van der Waals surface area contributed by atoms with Crippen LogP contribution in [0.15, 0.2) is 0 Å². The molecule has 0 unspecified atom stereocenters. The number of nitrogen functional groups attached to an aromatic ring is 2. The summed E-state index contributed by atoms with van der Waals surface area (Å²) >= 11 is 0. The van der Waals surface area contributed by atoms with E-state index in [1.807, 2.05) is 7.05 Å². The fourth-order valence-electron chi connectivity index (χ4n) is 2.34. The summed E-state index contributed by atoms with van der Waals surface area (Å²) in [6, 6.07) is 0.514. The first-order chi connectivity index (χ1) is 8.93. The van der Waals surface area contributed by atoms with E-state index in [2.05, 4.69) is 41.0 Å². The Morgan fingerprint density at radius 1 is 1.21 bits per heavy atom. The highest BCUT2D eigenvalue weighted by molar-refractivity contribution is 5.62. The number of aromatic nitrogens is 2.